The van der Waals surface area contributed by atoms with Crippen molar-refractivity contribution < 1.29 is 18.8 Å². The third-order valence-corrected chi connectivity index (χ3v) is 3.32. The molecular formula is C15H16N2O4. The molecule has 110 valence electrons. The number of rotatable bonds is 3. The number of aromatic nitrogens is 1. The number of carbonyl (C=O) groups is 1. The van der Waals surface area contributed by atoms with Crippen molar-refractivity contribution in [1.29, 1.82) is 0 Å². The lowest BCUT2D eigenvalue weighted by molar-refractivity contribution is 0.0788. The molecule has 0 saturated carbocycles. The summed E-state index contributed by atoms with van der Waals surface area (Å²) in [7, 11) is 0. The lowest BCUT2D eigenvalue weighted by atomic mass is 10.2. The summed E-state index contributed by atoms with van der Waals surface area (Å²) in [6, 6.07) is 7.47. The lowest BCUT2D eigenvalue weighted by Gasteiger charge is -2.26. The van der Waals surface area contributed by atoms with Gasteiger partial charge in [-0.25, -0.2) is 0 Å². The summed E-state index contributed by atoms with van der Waals surface area (Å²) in [5, 5.41) is 6.59. The van der Waals surface area contributed by atoms with Crippen LogP contribution in [0.1, 0.15) is 21.8 Å². The van der Waals surface area contributed by atoms with Crippen LogP contribution in [0.3, 0.4) is 0 Å². The maximum absolute atomic E-state index is 12.1. The lowest BCUT2D eigenvalue weighted by Crippen LogP contribution is -2.40. The summed E-state index contributed by atoms with van der Waals surface area (Å²) >= 11 is 0. The van der Waals surface area contributed by atoms with Gasteiger partial charge >= 0.3 is 0 Å². The quantitative estimate of drug-likeness (QED) is 0.933. The second kappa shape index (κ2) is 5.47. The number of hydrogen-bond donors (Lipinski definition) is 1. The number of ether oxygens (including phenoxy) is 2. The number of carbonyl (C=O) groups excluding carboxylic acids is 1. The zero-order valence-electron chi connectivity index (χ0n) is 11.9. The van der Waals surface area contributed by atoms with Crippen molar-refractivity contribution in [2.75, 3.05) is 13.2 Å². The third-order valence-electron chi connectivity index (χ3n) is 3.32. The molecule has 6 nitrogen and oxygen atoms in total. The molecule has 1 aliphatic rings. The van der Waals surface area contributed by atoms with Gasteiger partial charge in [-0.2, -0.15) is 0 Å². The van der Waals surface area contributed by atoms with E-state index in [0.29, 0.717) is 35.9 Å². The van der Waals surface area contributed by atoms with E-state index in [1.165, 1.54) is 0 Å². The van der Waals surface area contributed by atoms with Gasteiger partial charge in [0.15, 0.2) is 11.5 Å². The zero-order valence-corrected chi connectivity index (χ0v) is 11.9. The molecule has 0 fully saturated rings. The van der Waals surface area contributed by atoms with Crippen LogP contribution >= 0.6 is 0 Å². The van der Waals surface area contributed by atoms with E-state index in [2.05, 4.69) is 10.5 Å². The van der Waals surface area contributed by atoms with Gasteiger partial charge in [-0.15, -0.1) is 0 Å². The van der Waals surface area contributed by atoms with E-state index >= 15 is 0 Å². The van der Waals surface area contributed by atoms with Gasteiger partial charge in [0.05, 0.1) is 12.2 Å². The molecule has 1 atom stereocenters. The predicted molar refractivity (Wildman–Crippen MR) is 74.7 cm³/mol. The summed E-state index contributed by atoms with van der Waals surface area (Å²) in [6.45, 7) is 4.21. The number of nitrogens with one attached hydrogen (secondary N) is 1. The van der Waals surface area contributed by atoms with Crippen molar-refractivity contribution >= 4 is 5.91 Å². The maximum Gasteiger partial charge on any atom is 0.256 e. The van der Waals surface area contributed by atoms with Gasteiger partial charge in [-0.05, 0) is 26.0 Å². The largest absolute Gasteiger partial charge is 0.486 e. The van der Waals surface area contributed by atoms with E-state index in [1.807, 2.05) is 24.3 Å². The van der Waals surface area contributed by atoms with Crippen molar-refractivity contribution in [3.63, 3.8) is 0 Å². The Morgan fingerprint density at radius 1 is 1.33 bits per heavy atom. The molecular weight excluding hydrogens is 272 g/mol. The molecule has 1 aliphatic heterocycles. The molecule has 1 aromatic carbocycles. The Morgan fingerprint density at radius 3 is 2.81 bits per heavy atom. The molecule has 0 saturated heterocycles. The van der Waals surface area contributed by atoms with Gasteiger partial charge in [0, 0.05) is 0 Å². The van der Waals surface area contributed by atoms with Crippen LogP contribution in [-0.4, -0.2) is 30.3 Å². The van der Waals surface area contributed by atoms with E-state index in [0.717, 1.165) is 5.75 Å². The van der Waals surface area contributed by atoms with E-state index < -0.39 is 0 Å². The summed E-state index contributed by atoms with van der Waals surface area (Å²) < 4.78 is 16.4. The summed E-state index contributed by atoms with van der Waals surface area (Å²) in [5.41, 5.74) is 1.06. The first kappa shape index (κ1) is 13.5. The van der Waals surface area contributed by atoms with Crippen LogP contribution in [0.25, 0.3) is 0 Å². The molecule has 0 spiro atoms. The third kappa shape index (κ3) is 2.69. The summed E-state index contributed by atoms with van der Waals surface area (Å²) in [5.74, 6) is 1.72. The number of nitrogens with zero attached hydrogens (tertiary/aromatic N) is 1. The molecule has 2 heterocycles. The minimum atomic E-state index is -0.218. The molecule has 0 bridgehead atoms. The minimum Gasteiger partial charge on any atom is -0.486 e. The van der Waals surface area contributed by atoms with E-state index in [9.17, 15) is 4.79 Å². The van der Waals surface area contributed by atoms with Gasteiger partial charge in [-0.3, -0.25) is 4.79 Å². The van der Waals surface area contributed by atoms with Crippen LogP contribution in [0.4, 0.5) is 0 Å². The van der Waals surface area contributed by atoms with Crippen molar-refractivity contribution in [2.24, 2.45) is 0 Å². The number of hydrogen-bond acceptors (Lipinski definition) is 5. The van der Waals surface area contributed by atoms with E-state index in [1.54, 1.807) is 13.8 Å². The first-order valence-corrected chi connectivity index (χ1v) is 6.74. The van der Waals surface area contributed by atoms with Crippen LogP contribution in [-0.2, 0) is 0 Å². The average molecular weight is 288 g/mol. The Morgan fingerprint density at radius 2 is 2.10 bits per heavy atom. The highest BCUT2D eigenvalue weighted by molar-refractivity contribution is 5.96. The molecule has 3 rings (SSSR count). The summed E-state index contributed by atoms with van der Waals surface area (Å²) in [6.07, 6.45) is -0.218. The van der Waals surface area contributed by atoms with Gasteiger partial charge in [0.25, 0.3) is 5.91 Å². The Bertz CT molecular complexity index is 646. The fourth-order valence-electron chi connectivity index (χ4n) is 2.27. The second-order valence-corrected chi connectivity index (χ2v) is 4.91. The number of amides is 1. The van der Waals surface area contributed by atoms with Crippen molar-refractivity contribution in [1.82, 2.24) is 10.5 Å². The van der Waals surface area contributed by atoms with Crippen LogP contribution in [0.2, 0.25) is 0 Å². The first-order valence-electron chi connectivity index (χ1n) is 6.74. The number of benzene rings is 1. The van der Waals surface area contributed by atoms with Crippen LogP contribution in [0, 0.1) is 13.8 Å². The summed E-state index contributed by atoms with van der Waals surface area (Å²) in [4.78, 5) is 12.1. The van der Waals surface area contributed by atoms with Crippen molar-refractivity contribution in [2.45, 2.75) is 20.0 Å². The molecule has 0 aliphatic carbocycles. The highest BCUT2D eigenvalue weighted by Crippen LogP contribution is 2.30. The van der Waals surface area contributed by atoms with Gasteiger partial charge in [0.2, 0.25) is 0 Å². The van der Waals surface area contributed by atoms with Gasteiger partial charge in [0.1, 0.15) is 24.0 Å². The SMILES string of the molecule is Cc1noc(C)c1C(=O)NC[C@@H]1COc2ccccc2O1. The van der Waals surface area contributed by atoms with Crippen LogP contribution in [0.15, 0.2) is 28.8 Å². The first-order chi connectivity index (χ1) is 10.1. The van der Waals surface area contributed by atoms with Crippen molar-refractivity contribution in [3.05, 3.63) is 41.3 Å². The monoisotopic (exact) mass is 288 g/mol. The molecule has 6 heteroatoms. The molecule has 0 radical (unpaired) electrons. The fraction of sp³-hybridized carbons (Fsp3) is 0.333. The fourth-order valence-corrected chi connectivity index (χ4v) is 2.27. The topological polar surface area (TPSA) is 73.6 Å². The standard InChI is InChI=1S/C15H16N2O4/c1-9-14(10(2)21-17-9)15(18)16-7-11-8-19-12-5-3-4-6-13(12)20-11/h3-6,11H,7-8H2,1-2H3,(H,16,18)/t11-/m1/s1. The Labute approximate surface area is 122 Å². The highest BCUT2D eigenvalue weighted by Gasteiger charge is 2.23. The smallest absolute Gasteiger partial charge is 0.256 e. The Hall–Kier alpha value is -2.50. The number of para-hydroxylation sites is 2. The average Bonchev–Trinajstić information content (AvgIpc) is 2.84. The van der Waals surface area contributed by atoms with Gasteiger partial charge < -0.3 is 19.3 Å². The molecule has 1 N–H and O–H groups in total. The number of aryl methyl sites for hydroxylation is 2. The number of fused-ring (bicyclic) bond motifs is 1. The molecule has 1 amide bonds. The predicted octanol–water partition coefficient (Wildman–Crippen LogP) is 1.86. The Balaban J connectivity index is 1.61. The van der Waals surface area contributed by atoms with Gasteiger partial charge in [-0.1, -0.05) is 17.3 Å². The molecule has 0 unspecified atom stereocenters. The molecule has 21 heavy (non-hydrogen) atoms. The minimum absolute atomic E-state index is 0.214. The second-order valence-electron chi connectivity index (χ2n) is 4.91. The highest BCUT2D eigenvalue weighted by atomic mass is 16.6. The van der Waals surface area contributed by atoms with Crippen LogP contribution in [0.5, 0.6) is 11.5 Å². The molecule has 1 aromatic heterocycles. The van der Waals surface area contributed by atoms with Crippen LogP contribution < -0.4 is 14.8 Å². The Kier molecular flexibility index (Phi) is 3.51. The van der Waals surface area contributed by atoms with Crippen molar-refractivity contribution in [3.8, 4) is 11.5 Å². The normalized spacial score (nSPS) is 16.6. The van der Waals surface area contributed by atoms with E-state index in [-0.39, 0.29) is 12.0 Å². The maximum atomic E-state index is 12.1. The van der Waals surface area contributed by atoms with E-state index in [4.69, 9.17) is 14.0 Å². The zero-order chi connectivity index (χ0) is 14.8. The molecule has 2 aromatic rings.